The summed E-state index contributed by atoms with van der Waals surface area (Å²) in [6, 6.07) is 0. The predicted octanol–water partition coefficient (Wildman–Crippen LogP) is 3.30. The summed E-state index contributed by atoms with van der Waals surface area (Å²) >= 11 is 0. The Balaban J connectivity index is 4.99. The molecule has 4 nitrogen and oxygen atoms in total. The first-order chi connectivity index (χ1) is 6.49. The highest BCUT2D eigenvalue weighted by molar-refractivity contribution is 7.55. The van der Waals surface area contributed by atoms with Crippen molar-refractivity contribution in [1.29, 1.82) is 0 Å². The molecule has 0 bridgehead atoms. The van der Waals surface area contributed by atoms with Crippen LogP contribution in [0.3, 0.4) is 0 Å². The van der Waals surface area contributed by atoms with E-state index in [1.165, 1.54) is 0 Å². The Hall–Kier alpha value is -0.360. The van der Waals surface area contributed by atoms with Crippen LogP contribution in [-0.2, 0) is 13.6 Å². The summed E-state index contributed by atoms with van der Waals surface area (Å²) in [5.74, 6) is 0. The lowest BCUT2D eigenvalue weighted by molar-refractivity contribution is 0.203. The molecule has 0 aromatic rings. The molecular weight excluding hydrogens is 201 g/mol. The molecule has 1 atom stereocenters. The van der Waals surface area contributed by atoms with Crippen molar-refractivity contribution in [2.45, 2.75) is 39.4 Å². The molecule has 0 saturated heterocycles. The lowest BCUT2D eigenvalue weighted by atomic mass is 10.3. The van der Waals surface area contributed by atoms with Crippen LogP contribution in [0, 0.1) is 6.57 Å². The highest BCUT2D eigenvalue weighted by Gasteiger charge is 2.52. The van der Waals surface area contributed by atoms with Gasteiger partial charge in [0.15, 0.2) is 0 Å². The summed E-state index contributed by atoms with van der Waals surface area (Å²) in [4.78, 5) is 3.38. The van der Waals surface area contributed by atoms with Gasteiger partial charge in [0.1, 0.15) is 0 Å². The van der Waals surface area contributed by atoms with Crippen LogP contribution in [0.1, 0.15) is 34.1 Å². The van der Waals surface area contributed by atoms with Crippen LogP contribution >= 0.6 is 7.60 Å². The first-order valence-electron chi connectivity index (χ1n) is 4.77. The summed E-state index contributed by atoms with van der Waals surface area (Å²) in [5.41, 5.74) is 0. The van der Waals surface area contributed by atoms with E-state index in [0.29, 0.717) is 19.6 Å². The van der Waals surface area contributed by atoms with Crippen molar-refractivity contribution in [1.82, 2.24) is 0 Å². The van der Waals surface area contributed by atoms with Crippen molar-refractivity contribution in [3.63, 3.8) is 0 Å². The fourth-order valence-corrected chi connectivity index (χ4v) is 2.81. The van der Waals surface area contributed by atoms with Crippen LogP contribution in [0.5, 0.6) is 0 Å². The first-order valence-corrected chi connectivity index (χ1v) is 6.31. The van der Waals surface area contributed by atoms with E-state index in [1.807, 2.05) is 6.92 Å². The summed E-state index contributed by atoms with van der Waals surface area (Å²) in [7, 11) is -3.30. The first kappa shape index (κ1) is 13.6. The average Bonchev–Trinajstić information content (AvgIpc) is 2.17. The molecule has 5 heteroatoms. The van der Waals surface area contributed by atoms with E-state index >= 15 is 0 Å². The number of hydrogen-bond acceptors (Lipinski definition) is 3. The van der Waals surface area contributed by atoms with Gasteiger partial charge in [-0.25, -0.2) is 6.57 Å². The van der Waals surface area contributed by atoms with Crippen LogP contribution in [0.4, 0.5) is 0 Å². The van der Waals surface area contributed by atoms with E-state index < -0.39 is 12.9 Å². The predicted molar refractivity (Wildman–Crippen MR) is 56.2 cm³/mol. The molecule has 1 unspecified atom stereocenters. The Bertz CT molecular complexity index is 251. The van der Waals surface area contributed by atoms with E-state index in [4.69, 9.17) is 15.6 Å². The van der Waals surface area contributed by atoms with Crippen LogP contribution in [0.25, 0.3) is 4.85 Å². The largest absolute Gasteiger partial charge is 0.414 e. The number of hydrogen-bond donors (Lipinski definition) is 0. The molecule has 14 heavy (non-hydrogen) atoms. The Morgan fingerprint density at radius 2 is 1.71 bits per heavy atom. The topological polar surface area (TPSA) is 39.9 Å². The molecule has 0 aliphatic rings. The van der Waals surface area contributed by atoms with Gasteiger partial charge in [-0.3, -0.25) is 9.41 Å². The molecule has 0 aliphatic heterocycles. The fraction of sp³-hybridized carbons (Fsp3) is 0.889. The molecule has 0 spiro atoms. The number of rotatable bonds is 6. The third kappa shape index (κ3) is 2.57. The minimum atomic E-state index is -3.30. The minimum Gasteiger partial charge on any atom is -0.303 e. The highest BCUT2D eigenvalue weighted by Crippen LogP contribution is 2.62. The van der Waals surface area contributed by atoms with Crippen molar-refractivity contribution in [2.75, 3.05) is 13.2 Å². The molecule has 0 aliphatic carbocycles. The molecular formula is C9H18NO3P. The second-order valence-corrected chi connectivity index (χ2v) is 5.49. The molecule has 0 heterocycles. The molecule has 0 N–H and O–H groups in total. The van der Waals surface area contributed by atoms with Gasteiger partial charge in [0, 0.05) is 13.3 Å². The highest BCUT2D eigenvalue weighted by atomic mass is 31.2. The molecule has 0 fully saturated rings. The zero-order valence-corrected chi connectivity index (χ0v) is 10.1. The lowest BCUT2D eigenvalue weighted by Gasteiger charge is -2.24. The molecule has 0 radical (unpaired) electrons. The molecule has 0 amide bonds. The van der Waals surface area contributed by atoms with Gasteiger partial charge >= 0.3 is 12.9 Å². The van der Waals surface area contributed by atoms with Crippen LogP contribution in [-0.4, -0.2) is 18.5 Å². The van der Waals surface area contributed by atoms with Gasteiger partial charge in [-0.2, -0.15) is 0 Å². The van der Waals surface area contributed by atoms with Gasteiger partial charge in [-0.05, 0) is 13.8 Å². The zero-order valence-electron chi connectivity index (χ0n) is 9.24. The molecule has 0 aromatic carbocycles. The summed E-state index contributed by atoms with van der Waals surface area (Å²) in [6.07, 6.45) is 0.452. The van der Waals surface area contributed by atoms with Crippen molar-refractivity contribution < 1.29 is 13.6 Å². The molecule has 0 rings (SSSR count). The molecule has 0 saturated carbocycles. The van der Waals surface area contributed by atoms with Gasteiger partial charge in [0.05, 0.1) is 13.2 Å². The fourth-order valence-electron chi connectivity index (χ4n) is 0.989. The third-order valence-corrected chi connectivity index (χ3v) is 4.89. The van der Waals surface area contributed by atoms with Gasteiger partial charge < -0.3 is 9.05 Å². The second kappa shape index (κ2) is 5.50. The van der Waals surface area contributed by atoms with E-state index in [0.717, 1.165) is 0 Å². The minimum absolute atomic E-state index is 0.294. The normalized spacial score (nSPS) is 15.9. The van der Waals surface area contributed by atoms with Crippen LogP contribution in [0.15, 0.2) is 0 Å². The summed E-state index contributed by atoms with van der Waals surface area (Å²) < 4.78 is 22.5. The van der Waals surface area contributed by atoms with E-state index in [-0.39, 0.29) is 0 Å². The van der Waals surface area contributed by atoms with Crippen molar-refractivity contribution in [2.24, 2.45) is 0 Å². The Kier molecular flexibility index (Phi) is 5.36. The van der Waals surface area contributed by atoms with E-state index in [9.17, 15) is 4.57 Å². The number of nitrogens with zero attached hydrogens (tertiary/aromatic N) is 1. The second-order valence-electron chi connectivity index (χ2n) is 3.02. The van der Waals surface area contributed by atoms with Gasteiger partial charge in [-0.15, -0.1) is 0 Å². The Labute approximate surface area is 86.0 Å². The Morgan fingerprint density at radius 3 is 1.93 bits per heavy atom. The zero-order chi connectivity index (χ0) is 11.2. The Morgan fingerprint density at radius 1 is 1.29 bits per heavy atom. The molecule has 0 aromatic heterocycles. The van der Waals surface area contributed by atoms with Crippen molar-refractivity contribution in [3.05, 3.63) is 11.4 Å². The monoisotopic (exact) mass is 219 g/mol. The quantitative estimate of drug-likeness (QED) is 0.508. The van der Waals surface area contributed by atoms with Gasteiger partial charge in [-0.1, -0.05) is 6.92 Å². The third-order valence-electron chi connectivity index (χ3n) is 2.10. The standard InChI is InChI=1S/C9H18NO3P/c1-6-9(4,10-5)14(11,12-7-2)13-8-3/h6-8H2,1-4H3. The maximum atomic E-state index is 12.2. The summed E-state index contributed by atoms with van der Waals surface area (Å²) in [6.45, 7) is 14.6. The van der Waals surface area contributed by atoms with Gasteiger partial charge in [0.25, 0.3) is 0 Å². The maximum Gasteiger partial charge on any atom is 0.414 e. The van der Waals surface area contributed by atoms with Crippen LogP contribution < -0.4 is 0 Å². The average molecular weight is 219 g/mol. The van der Waals surface area contributed by atoms with Crippen molar-refractivity contribution >= 4 is 7.60 Å². The maximum absolute atomic E-state index is 12.2. The van der Waals surface area contributed by atoms with Gasteiger partial charge in [0.2, 0.25) is 0 Å². The SMILES string of the molecule is [C-]#[N+]C(C)(CC)P(=O)(OCC)OCC. The smallest absolute Gasteiger partial charge is 0.303 e. The summed E-state index contributed by atoms with van der Waals surface area (Å²) in [5, 5.41) is -1.06. The molecule has 82 valence electrons. The van der Waals surface area contributed by atoms with E-state index in [2.05, 4.69) is 4.85 Å². The van der Waals surface area contributed by atoms with Crippen molar-refractivity contribution in [3.8, 4) is 0 Å². The van der Waals surface area contributed by atoms with E-state index in [1.54, 1.807) is 20.8 Å². The van der Waals surface area contributed by atoms with Crippen LogP contribution in [0.2, 0.25) is 0 Å². The lowest BCUT2D eigenvalue weighted by Crippen LogP contribution is -2.22.